The van der Waals surface area contributed by atoms with E-state index in [4.69, 9.17) is 5.73 Å². The third kappa shape index (κ3) is 1.25. The van der Waals surface area contributed by atoms with Gasteiger partial charge in [0.2, 0.25) is 0 Å². The number of aryl methyl sites for hydroxylation is 1. The van der Waals surface area contributed by atoms with Gasteiger partial charge in [0, 0.05) is 18.2 Å². The van der Waals surface area contributed by atoms with E-state index in [-0.39, 0.29) is 6.04 Å². The molecule has 1 aromatic heterocycles. The standard InChI is InChI=1S/C9H15N3/c1-6(10)5-9-7-3-2-4-8(7)11-12-9/h6H,2-5,10H2,1H3,(H,11,12)/t6-/m0/s1. The Morgan fingerprint density at radius 1 is 1.58 bits per heavy atom. The van der Waals surface area contributed by atoms with Crippen LogP contribution in [0.1, 0.15) is 30.3 Å². The Kier molecular flexibility index (Phi) is 1.89. The van der Waals surface area contributed by atoms with E-state index in [2.05, 4.69) is 10.2 Å². The maximum atomic E-state index is 5.72. The number of aromatic nitrogens is 2. The molecule has 3 heteroatoms. The fraction of sp³-hybridized carbons (Fsp3) is 0.667. The van der Waals surface area contributed by atoms with Crippen molar-refractivity contribution in [2.75, 3.05) is 0 Å². The summed E-state index contributed by atoms with van der Waals surface area (Å²) >= 11 is 0. The molecule has 1 aromatic rings. The van der Waals surface area contributed by atoms with Gasteiger partial charge in [0.05, 0.1) is 5.69 Å². The van der Waals surface area contributed by atoms with Crippen LogP contribution in [0.5, 0.6) is 0 Å². The van der Waals surface area contributed by atoms with Crippen molar-refractivity contribution < 1.29 is 0 Å². The summed E-state index contributed by atoms with van der Waals surface area (Å²) in [5.74, 6) is 0. The zero-order valence-electron chi connectivity index (χ0n) is 7.43. The Labute approximate surface area is 72.4 Å². The van der Waals surface area contributed by atoms with E-state index in [1.165, 1.54) is 36.2 Å². The highest BCUT2D eigenvalue weighted by molar-refractivity contribution is 5.29. The zero-order chi connectivity index (χ0) is 8.55. The molecule has 3 nitrogen and oxygen atoms in total. The van der Waals surface area contributed by atoms with Crippen LogP contribution >= 0.6 is 0 Å². The van der Waals surface area contributed by atoms with Crippen LogP contribution in [0, 0.1) is 0 Å². The van der Waals surface area contributed by atoms with Crippen molar-refractivity contribution in [3.63, 3.8) is 0 Å². The molecule has 0 amide bonds. The van der Waals surface area contributed by atoms with Gasteiger partial charge in [0.1, 0.15) is 0 Å². The normalized spacial score (nSPS) is 17.8. The number of hydrogen-bond donors (Lipinski definition) is 2. The van der Waals surface area contributed by atoms with Crippen LogP contribution in [0.2, 0.25) is 0 Å². The van der Waals surface area contributed by atoms with Crippen molar-refractivity contribution >= 4 is 0 Å². The molecule has 0 unspecified atom stereocenters. The molecule has 0 fully saturated rings. The summed E-state index contributed by atoms with van der Waals surface area (Å²) in [6.07, 6.45) is 4.54. The first kappa shape index (κ1) is 7.80. The number of fused-ring (bicyclic) bond motifs is 1. The number of nitrogens with one attached hydrogen (secondary N) is 1. The van der Waals surface area contributed by atoms with Gasteiger partial charge in [-0.05, 0) is 31.7 Å². The lowest BCUT2D eigenvalue weighted by molar-refractivity contribution is 0.708. The third-order valence-electron chi connectivity index (χ3n) is 2.41. The molecule has 66 valence electrons. The molecule has 0 aliphatic heterocycles. The highest BCUT2D eigenvalue weighted by Gasteiger charge is 2.18. The SMILES string of the molecule is C[C@H](N)Cc1n[nH]c2c1CCC2. The largest absolute Gasteiger partial charge is 0.328 e. The first-order valence-electron chi connectivity index (χ1n) is 4.58. The minimum atomic E-state index is 0.220. The first-order chi connectivity index (χ1) is 5.77. The van der Waals surface area contributed by atoms with Crippen LogP contribution in [-0.4, -0.2) is 16.2 Å². The van der Waals surface area contributed by atoms with E-state index >= 15 is 0 Å². The predicted octanol–water partition coefficient (Wildman–Crippen LogP) is 0.788. The molecule has 0 radical (unpaired) electrons. The third-order valence-corrected chi connectivity index (χ3v) is 2.41. The van der Waals surface area contributed by atoms with Gasteiger partial charge in [0.25, 0.3) is 0 Å². The number of nitrogens with two attached hydrogens (primary N) is 1. The molecule has 1 aliphatic rings. The highest BCUT2D eigenvalue weighted by Crippen LogP contribution is 2.23. The van der Waals surface area contributed by atoms with Crippen LogP contribution in [0.15, 0.2) is 0 Å². The molecular formula is C9H15N3. The van der Waals surface area contributed by atoms with E-state index in [0.717, 1.165) is 6.42 Å². The summed E-state index contributed by atoms with van der Waals surface area (Å²) in [6.45, 7) is 2.02. The minimum absolute atomic E-state index is 0.220. The molecule has 3 N–H and O–H groups in total. The summed E-state index contributed by atoms with van der Waals surface area (Å²) in [6, 6.07) is 0.220. The molecule has 12 heavy (non-hydrogen) atoms. The van der Waals surface area contributed by atoms with Crippen LogP contribution in [0.4, 0.5) is 0 Å². The predicted molar refractivity (Wildman–Crippen MR) is 48.0 cm³/mol. The Balaban J connectivity index is 2.22. The van der Waals surface area contributed by atoms with Crippen molar-refractivity contribution in [1.29, 1.82) is 0 Å². The van der Waals surface area contributed by atoms with Gasteiger partial charge in [0.15, 0.2) is 0 Å². The average molecular weight is 165 g/mol. The molecule has 0 aromatic carbocycles. The first-order valence-corrected chi connectivity index (χ1v) is 4.58. The summed E-state index contributed by atoms with van der Waals surface area (Å²) in [7, 11) is 0. The highest BCUT2D eigenvalue weighted by atomic mass is 15.1. The second-order valence-corrected chi connectivity index (χ2v) is 3.66. The summed E-state index contributed by atoms with van der Waals surface area (Å²) in [4.78, 5) is 0. The smallest absolute Gasteiger partial charge is 0.0672 e. The van der Waals surface area contributed by atoms with Crippen LogP contribution < -0.4 is 5.73 Å². The molecule has 1 aliphatic carbocycles. The molecule has 0 saturated carbocycles. The number of aromatic amines is 1. The van der Waals surface area contributed by atoms with Crippen LogP contribution in [0.3, 0.4) is 0 Å². The molecule has 0 saturated heterocycles. The van der Waals surface area contributed by atoms with Gasteiger partial charge in [-0.15, -0.1) is 0 Å². The van der Waals surface area contributed by atoms with Crippen LogP contribution in [-0.2, 0) is 19.3 Å². The van der Waals surface area contributed by atoms with Gasteiger partial charge >= 0.3 is 0 Å². The fourth-order valence-corrected chi connectivity index (χ4v) is 1.86. The van der Waals surface area contributed by atoms with E-state index < -0.39 is 0 Å². The Morgan fingerprint density at radius 2 is 2.42 bits per heavy atom. The lowest BCUT2D eigenvalue weighted by Crippen LogP contribution is -2.18. The Morgan fingerprint density at radius 3 is 3.17 bits per heavy atom. The second kappa shape index (κ2) is 2.90. The molecule has 1 atom stereocenters. The van der Waals surface area contributed by atoms with Crippen molar-refractivity contribution in [2.24, 2.45) is 5.73 Å². The van der Waals surface area contributed by atoms with Crippen molar-refractivity contribution in [3.8, 4) is 0 Å². The molecule has 1 heterocycles. The topological polar surface area (TPSA) is 54.7 Å². The molecule has 0 bridgehead atoms. The van der Waals surface area contributed by atoms with E-state index in [9.17, 15) is 0 Å². The van der Waals surface area contributed by atoms with Crippen molar-refractivity contribution in [1.82, 2.24) is 10.2 Å². The van der Waals surface area contributed by atoms with Gasteiger partial charge in [-0.2, -0.15) is 5.10 Å². The molecule has 2 rings (SSSR count). The molecule has 0 spiro atoms. The number of nitrogens with zero attached hydrogens (tertiary/aromatic N) is 1. The van der Waals surface area contributed by atoms with Gasteiger partial charge in [-0.3, -0.25) is 5.10 Å². The van der Waals surface area contributed by atoms with E-state index in [1.54, 1.807) is 0 Å². The van der Waals surface area contributed by atoms with Crippen molar-refractivity contribution in [2.45, 2.75) is 38.6 Å². The summed E-state index contributed by atoms with van der Waals surface area (Å²) < 4.78 is 0. The molecular weight excluding hydrogens is 150 g/mol. The summed E-state index contributed by atoms with van der Waals surface area (Å²) in [5, 5.41) is 7.36. The van der Waals surface area contributed by atoms with Gasteiger partial charge in [-0.1, -0.05) is 0 Å². The minimum Gasteiger partial charge on any atom is -0.328 e. The maximum Gasteiger partial charge on any atom is 0.0672 e. The maximum absolute atomic E-state index is 5.72. The quantitative estimate of drug-likeness (QED) is 0.680. The zero-order valence-corrected chi connectivity index (χ0v) is 7.43. The lowest BCUT2D eigenvalue weighted by Gasteiger charge is -2.02. The summed E-state index contributed by atoms with van der Waals surface area (Å²) in [5.41, 5.74) is 9.69. The Hall–Kier alpha value is -0.830. The lowest BCUT2D eigenvalue weighted by atomic mass is 10.1. The second-order valence-electron chi connectivity index (χ2n) is 3.66. The van der Waals surface area contributed by atoms with Gasteiger partial charge in [-0.25, -0.2) is 0 Å². The van der Waals surface area contributed by atoms with Crippen LogP contribution in [0.25, 0.3) is 0 Å². The van der Waals surface area contributed by atoms with E-state index in [1.807, 2.05) is 6.92 Å². The Bertz CT molecular complexity index is 275. The monoisotopic (exact) mass is 165 g/mol. The van der Waals surface area contributed by atoms with E-state index in [0.29, 0.717) is 0 Å². The number of H-pyrrole nitrogens is 1. The van der Waals surface area contributed by atoms with Crippen molar-refractivity contribution in [3.05, 3.63) is 17.0 Å². The fourth-order valence-electron chi connectivity index (χ4n) is 1.86. The number of rotatable bonds is 2. The average Bonchev–Trinajstić information content (AvgIpc) is 2.52. The van der Waals surface area contributed by atoms with Gasteiger partial charge < -0.3 is 5.73 Å². The number of hydrogen-bond acceptors (Lipinski definition) is 2.